The van der Waals surface area contributed by atoms with Crippen LogP contribution in [-0.2, 0) is 28.3 Å². The van der Waals surface area contributed by atoms with Crippen molar-refractivity contribution in [3.8, 4) is 5.75 Å². The molecule has 3 aromatic carbocycles. The number of amides is 2. The van der Waals surface area contributed by atoms with Crippen molar-refractivity contribution in [1.82, 2.24) is 10.2 Å². The van der Waals surface area contributed by atoms with Gasteiger partial charge in [0.1, 0.15) is 11.8 Å². The molecule has 0 aliphatic rings. The minimum absolute atomic E-state index is 0.0128. The van der Waals surface area contributed by atoms with Gasteiger partial charge in [-0.05, 0) is 54.3 Å². The van der Waals surface area contributed by atoms with Gasteiger partial charge in [-0.25, -0.2) is 0 Å². The van der Waals surface area contributed by atoms with Crippen molar-refractivity contribution in [1.29, 1.82) is 0 Å². The van der Waals surface area contributed by atoms with Crippen LogP contribution in [0.3, 0.4) is 0 Å². The standard InChI is InChI=1S/C30H35ClN2O3S/c1-4-22(2)32-30(35)28(18-23-9-6-5-7-10-23)33(19-25-11-8-12-27(17-25)36-3)29(34)21-37-20-24-13-15-26(31)16-14-24/h5-17,22,28H,4,18-21H2,1-3H3,(H,32,35)/t22-,28+/m0/s1. The summed E-state index contributed by atoms with van der Waals surface area (Å²) in [5, 5.41) is 3.79. The van der Waals surface area contributed by atoms with Crippen molar-refractivity contribution < 1.29 is 14.3 Å². The molecule has 0 fully saturated rings. The zero-order chi connectivity index (χ0) is 26.6. The van der Waals surface area contributed by atoms with Gasteiger partial charge >= 0.3 is 0 Å². The molecule has 3 aromatic rings. The lowest BCUT2D eigenvalue weighted by atomic mass is 10.0. The van der Waals surface area contributed by atoms with E-state index in [0.717, 1.165) is 23.1 Å². The van der Waals surface area contributed by atoms with Gasteiger partial charge in [-0.15, -0.1) is 11.8 Å². The highest BCUT2D eigenvalue weighted by Crippen LogP contribution is 2.21. The van der Waals surface area contributed by atoms with E-state index in [1.807, 2.05) is 92.7 Å². The molecule has 0 aliphatic carbocycles. The molecule has 0 aliphatic heterocycles. The molecule has 196 valence electrons. The van der Waals surface area contributed by atoms with E-state index in [4.69, 9.17) is 16.3 Å². The van der Waals surface area contributed by atoms with E-state index in [-0.39, 0.29) is 23.6 Å². The first-order valence-corrected chi connectivity index (χ1v) is 14.0. The highest BCUT2D eigenvalue weighted by Gasteiger charge is 2.31. The second kappa shape index (κ2) is 14.7. The van der Waals surface area contributed by atoms with Crippen LogP contribution in [0.2, 0.25) is 5.02 Å². The first kappa shape index (κ1) is 28.6. The SMILES string of the molecule is CC[C@H](C)NC(=O)[C@@H](Cc1ccccc1)N(Cc1cccc(OC)c1)C(=O)CSCc1ccc(Cl)cc1. The minimum atomic E-state index is -0.647. The summed E-state index contributed by atoms with van der Waals surface area (Å²) in [7, 11) is 1.62. The van der Waals surface area contributed by atoms with E-state index in [9.17, 15) is 9.59 Å². The number of thioether (sulfide) groups is 1. The summed E-state index contributed by atoms with van der Waals surface area (Å²) in [4.78, 5) is 29.0. The predicted octanol–water partition coefficient (Wildman–Crippen LogP) is 6.14. The molecule has 0 spiro atoms. The molecular formula is C30H35ClN2O3S. The molecule has 5 nitrogen and oxygen atoms in total. The number of carbonyl (C=O) groups excluding carboxylic acids is 2. The summed E-state index contributed by atoms with van der Waals surface area (Å²) in [5.74, 6) is 1.43. The summed E-state index contributed by atoms with van der Waals surface area (Å²) in [6.07, 6.45) is 1.24. The molecule has 0 heterocycles. The van der Waals surface area contributed by atoms with Crippen LogP contribution in [0.5, 0.6) is 5.75 Å². The van der Waals surface area contributed by atoms with E-state index in [1.165, 1.54) is 11.8 Å². The Bertz CT molecular complexity index is 1140. The number of rotatable bonds is 13. The van der Waals surface area contributed by atoms with Gasteiger partial charge in [0.2, 0.25) is 11.8 Å². The number of halogens is 1. The maximum atomic E-state index is 13.7. The molecule has 0 aromatic heterocycles. The fourth-order valence-corrected chi connectivity index (χ4v) is 4.88. The second-order valence-electron chi connectivity index (χ2n) is 9.02. The quantitative estimate of drug-likeness (QED) is 0.284. The average Bonchev–Trinajstić information content (AvgIpc) is 2.92. The normalized spacial score (nSPS) is 12.4. The fourth-order valence-electron chi connectivity index (χ4n) is 3.88. The van der Waals surface area contributed by atoms with Gasteiger partial charge < -0.3 is 15.0 Å². The van der Waals surface area contributed by atoms with Crippen LogP contribution in [0.25, 0.3) is 0 Å². The number of carbonyl (C=O) groups is 2. The predicted molar refractivity (Wildman–Crippen MR) is 153 cm³/mol. The molecule has 2 amide bonds. The molecule has 0 radical (unpaired) electrons. The van der Waals surface area contributed by atoms with Gasteiger partial charge in [-0.2, -0.15) is 0 Å². The van der Waals surface area contributed by atoms with Crippen LogP contribution in [0.4, 0.5) is 0 Å². The van der Waals surface area contributed by atoms with Crippen LogP contribution in [0, 0.1) is 0 Å². The molecule has 7 heteroatoms. The van der Waals surface area contributed by atoms with Gasteiger partial charge in [-0.1, -0.05) is 73.1 Å². The molecule has 0 bridgehead atoms. The van der Waals surface area contributed by atoms with Crippen molar-refractivity contribution in [2.75, 3.05) is 12.9 Å². The summed E-state index contributed by atoms with van der Waals surface area (Å²) < 4.78 is 5.39. The fraction of sp³-hybridized carbons (Fsp3) is 0.333. The third-order valence-corrected chi connectivity index (χ3v) is 7.41. The van der Waals surface area contributed by atoms with E-state index < -0.39 is 6.04 Å². The zero-order valence-electron chi connectivity index (χ0n) is 21.7. The average molecular weight is 539 g/mol. The first-order chi connectivity index (χ1) is 17.9. The lowest BCUT2D eigenvalue weighted by molar-refractivity contribution is -0.139. The van der Waals surface area contributed by atoms with Gasteiger partial charge in [0.25, 0.3) is 0 Å². The van der Waals surface area contributed by atoms with E-state index in [2.05, 4.69) is 5.32 Å². The molecule has 37 heavy (non-hydrogen) atoms. The highest BCUT2D eigenvalue weighted by molar-refractivity contribution is 7.99. The topological polar surface area (TPSA) is 58.6 Å². The Morgan fingerprint density at radius 3 is 2.35 bits per heavy atom. The Kier molecular flexibility index (Phi) is 11.4. The van der Waals surface area contributed by atoms with Gasteiger partial charge in [0.15, 0.2) is 0 Å². The lowest BCUT2D eigenvalue weighted by Crippen LogP contribution is -2.52. The number of ether oxygens (including phenoxy) is 1. The third-order valence-electron chi connectivity index (χ3n) is 6.17. The van der Waals surface area contributed by atoms with Crippen LogP contribution in [0.1, 0.15) is 37.0 Å². The summed E-state index contributed by atoms with van der Waals surface area (Å²) in [6, 6.07) is 24.5. The van der Waals surface area contributed by atoms with E-state index in [0.29, 0.717) is 29.5 Å². The van der Waals surface area contributed by atoms with Crippen molar-refractivity contribution in [2.24, 2.45) is 0 Å². The lowest BCUT2D eigenvalue weighted by Gasteiger charge is -2.32. The number of benzene rings is 3. The Morgan fingerprint density at radius 2 is 1.68 bits per heavy atom. The number of hydrogen-bond donors (Lipinski definition) is 1. The first-order valence-electron chi connectivity index (χ1n) is 12.5. The summed E-state index contributed by atoms with van der Waals surface area (Å²) >= 11 is 7.53. The largest absolute Gasteiger partial charge is 0.497 e. The smallest absolute Gasteiger partial charge is 0.243 e. The third kappa shape index (κ3) is 9.13. The molecule has 0 saturated carbocycles. The Labute approximate surface area is 229 Å². The summed E-state index contributed by atoms with van der Waals surface area (Å²) in [6.45, 7) is 4.32. The molecule has 1 N–H and O–H groups in total. The Balaban J connectivity index is 1.86. The van der Waals surface area contributed by atoms with Gasteiger partial charge in [0.05, 0.1) is 12.9 Å². The zero-order valence-corrected chi connectivity index (χ0v) is 23.2. The van der Waals surface area contributed by atoms with E-state index >= 15 is 0 Å². The number of hydrogen-bond acceptors (Lipinski definition) is 4. The number of methoxy groups -OCH3 is 1. The minimum Gasteiger partial charge on any atom is -0.497 e. The maximum absolute atomic E-state index is 13.7. The van der Waals surface area contributed by atoms with Crippen molar-refractivity contribution in [3.63, 3.8) is 0 Å². The van der Waals surface area contributed by atoms with Crippen molar-refractivity contribution in [2.45, 2.75) is 51.1 Å². The van der Waals surface area contributed by atoms with Crippen LogP contribution in [0.15, 0.2) is 78.9 Å². The summed E-state index contributed by atoms with van der Waals surface area (Å²) in [5.41, 5.74) is 3.01. The maximum Gasteiger partial charge on any atom is 0.243 e. The number of nitrogens with one attached hydrogen (secondary N) is 1. The van der Waals surface area contributed by atoms with Crippen LogP contribution in [-0.4, -0.2) is 41.7 Å². The monoisotopic (exact) mass is 538 g/mol. The Morgan fingerprint density at radius 1 is 0.973 bits per heavy atom. The molecule has 2 atom stereocenters. The molecule has 0 unspecified atom stereocenters. The van der Waals surface area contributed by atoms with Crippen LogP contribution >= 0.6 is 23.4 Å². The van der Waals surface area contributed by atoms with Crippen molar-refractivity contribution >= 4 is 35.2 Å². The molecule has 3 rings (SSSR count). The molecule has 0 saturated heterocycles. The second-order valence-corrected chi connectivity index (χ2v) is 10.4. The molecular weight excluding hydrogens is 504 g/mol. The van der Waals surface area contributed by atoms with E-state index in [1.54, 1.807) is 12.0 Å². The Hall–Kier alpha value is -2.96. The highest BCUT2D eigenvalue weighted by atomic mass is 35.5. The van der Waals surface area contributed by atoms with Gasteiger partial charge in [-0.3, -0.25) is 9.59 Å². The van der Waals surface area contributed by atoms with Crippen LogP contribution < -0.4 is 10.1 Å². The van der Waals surface area contributed by atoms with Crippen molar-refractivity contribution in [3.05, 3.63) is 101 Å². The number of nitrogens with zero attached hydrogens (tertiary/aromatic N) is 1. The van der Waals surface area contributed by atoms with Gasteiger partial charge in [0, 0.05) is 29.8 Å².